The Balaban J connectivity index is 1.65. The van der Waals surface area contributed by atoms with E-state index in [9.17, 15) is 19.5 Å². The summed E-state index contributed by atoms with van der Waals surface area (Å²) in [5.74, 6) is -1.58. The molecule has 1 fully saturated rings. The first-order valence-electron chi connectivity index (χ1n) is 8.59. The van der Waals surface area contributed by atoms with Crippen molar-refractivity contribution in [3.8, 4) is 11.3 Å². The molecule has 1 aliphatic rings. The minimum atomic E-state index is -1.10. The van der Waals surface area contributed by atoms with E-state index in [0.29, 0.717) is 21.5 Å². The number of halogens is 2. The first-order chi connectivity index (χ1) is 14.3. The van der Waals surface area contributed by atoms with Crippen LogP contribution in [0.5, 0.6) is 0 Å². The van der Waals surface area contributed by atoms with E-state index >= 15 is 0 Å². The van der Waals surface area contributed by atoms with Crippen LogP contribution in [-0.4, -0.2) is 22.9 Å². The van der Waals surface area contributed by atoms with Gasteiger partial charge in [-0.2, -0.15) is 0 Å². The molecule has 0 radical (unpaired) electrons. The van der Waals surface area contributed by atoms with Gasteiger partial charge in [0.15, 0.2) is 0 Å². The highest BCUT2D eigenvalue weighted by Crippen LogP contribution is 2.30. The van der Waals surface area contributed by atoms with Gasteiger partial charge in [0.2, 0.25) is 0 Å². The predicted octanol–water partition coefficient (Wildman–Crippen LogP) is 4.47. The topological polar surface area (TPSA) is 99.9 Å². The van der Waals surface area contributed by atoms with Crippen LogP contribution in [0.2, 0.25) is 0 Å². The molecule has 1 aliphatic heterocycles. The first-order valence-corrected chi connectivity index (χ1v) is 10.5. The van der Waals surface area contributed by atoms with E-state index in [1.165, 1.54) is 17.2 Å². The fraction of sp³-hybridized carbons (Fsp3) is 0. The fourth-order valence-corrected chi connectivity index (χ4v) is 3.68. The summed E-state index contributed by atoms with van der Waals surface area (Å²) >= 11 is 5.40. The quantitative estimate of drug-likeness (QED) is 0.270. The van der Waals surface area contributed by atoms with Crippen LogP contribution < -0.4 is 10.4 Å². The van der Waals surface area contributed by atoms with Gasteiger partial charge in [-0.05, 0) is 83.3 Å². The average molecular weight is 579 g/mol. The lowest BCUT2D eigenvalue weighted by Crippen LogP contribution is -2.35. The number of rotatable bonds is 4. The van der Waals surface area contributed by atoms with Gasteiger partial charge in [-0.3, -0.25) is 15.0 Å². The number of carboxylic acids is 1. The molecule has 2 heterocycles. The van der Waals surface area contributed by atoms with E-state index in [2.05, 4.69) is 43.9 Å². The Hall–Kier alpha value is -2.92. The standard InChI is InChI=1S/C21H12BrIN2O5/c22-11-1-7-15(16(9-11)21(28)29)18-8-6-14(30-18)10-17-19(26)24-25(20(17)27)13-4-2-12(23)3-5-13/h1-10H,(H,24,26)(H,28,29)/b17-10+. The van der Waals surface area contributed by atoms with Gasteiger partial charge in [-0.15, -0.1) is 0 Å². The molecule has 1 saturated heterocycles. The molecule has 0 atom stereocenters. The highest BCUT2D eigenvalue weighted by atomic mass is 127. The molecule has 0 bridgehead atoms. The molecule has 3 aromatic rings. The number of furan rings is 1. The normalized spacial score (nSPS) is 15.0. The van der Waals surface area contributed by atoms with Crippen molar-refractivity contribution in [2.24, 2.45) is 0 Å². The minimum Gasteiger partial charge on any atom is -0.478 e. The Bertz CT molecular complexity index is 1220. The molecule has 0 saturated carbocycles. The average Bonchev–Trinajstić information content (AvgIpc) is 3.29. The van der Waals surface area contributed by atoms with Crippen molar-refractivity contribution < 1.29 is 23.9 Å². The van der Waals surface area contributed by atoms with Gasteiger partial charge < -0.3 is 9.52 Å². The van der Waals surface area contributed by atoms with Crippen molar-refractivity contribution in [3.63, 3.8) is 0 Å². The maximum absolute atomic E-state index is 12.7. The third-order valence-corrected chi connectivity index (χ3v) is 5.58. The number of benzene rings is 2. The van der Waals surface area contributed by atoms with E-state index in [1.807, 2.05) is 12.1 Å². The molecule has 2 amide bonds. The van der Waals surface area contributed by atoms with Gasteiger partial charge in [-0.1, -0.05) is 15.9 Å². The molecule has 30 heavy (non-hydrogen) atoms. The largest absolute Gasteiger partial charge is 0.478 e. The molecule has 4 rings (SSSR count). The number of aromatic carboxylic acids is 1. The van der Waals surface area contributed by atoms with Crippen molar-refractivity contribution >= 4 is 68.1 Å². The summed E-state index contributed by atoms with van der Waals surface area (Å²) in [6, 6.07) is 15.1. The number of nitrogens with zero attached hydrogens (tertiary/aromatic N) is 1. The highest BCUT2D eigenvalue weighted by molar-refractivity contribution is 14.1. The zero-order valence-electron chi connectivity index (χ0n) is 15.1. The number of amides is 2. The minimum absolute atomic E-state index is 0.0671. The van der Waals surface area contributed by atoms with Crippen LogP contribution in [0.15, 0.2) is 69.1 Å². The van der Waals surface area contributed by atoms with Crippen molar-refractivity contribution in [1.29, 1.82) is 0 Å². The number of carbonyl (C=O) groups is 3. The van der Waals surface area contributed by atoms with Gasteiger partial charge in [0.05, 0.1) is 11.3 Å². The third kappa shape index (κ3) is 3.90. The Morgan fingerprint density at radius 3 is 2.53 bits per heavy atom. The summed E-state index contributed by atoms with van der Waals surface area (Å²) in [5, 5.41) is 10.6. The SMILES string of the molecule is O=C1NN(c2ccc(I)cc2)C(=O)/C1=C/c1ccc(-c2ccc(Br)cc2C(=O)O)o1. The summed E-state index contributed by atoms with van der Waals surface area (Å²) in [6.07, 6.45) is 1.34. The van der Waals surface area contributed by atoms with E-state index in [4.69, 9.17) is 4.42 Å². The number of nitrogens with one attached hydrogen (secondary N) is 1. The number of carbonyl (C=O) groups excluding carboxylic acids is 2. The van der Waals surface area contributed by atoms with Gasteiger partial charge in [0.25, 0.3) is 11.8 Å². The number of hydrogen-bond donors (Lipinski definition) is 2. The Kier molecular flexibility index (Phi) is 5.48. The highest BCUT2D eigenvalue weighted by Gasteiger charge is 2.34. The summed E-state index contributed by atoms with van der Waals surface area (Å²) in [6.45, 7) is 0. The zero-order chi connectivity index (χ0) is 21.4. The smallest absolute Gasteiger partial charge is 0.336 e. The van der Waals surface area contributed by atoms with E-state index in [1.54, 1.807) is 36.4 Å². The van der Waals surface area contributed by atoms with Crippen LogP contribution in [0.1, 0.15) is 16.1 Å². The lowest BCUT2D eigenvalue weighted by Gasteiger charge is -2.14. The van der Waals surface area contributed by atoms with Crippen LogP contribution in [-0.2, 0) is 9.59 Å². The molecule has 0 aliphatic carbocycles. The predicted molar refractivity (Wildman–Crippen MR) is 122 cm³/mol. The van der Waals surface area contributed by atoms with Gasteiger partial charge in [-0.25, -0.2) is 9.80 Å². The molecule has 0 spiro atoms. The van der Waals surface area contributed by atoms with Gasteiger partial charge in [0, 0.05) is 13.6 Å². The van der Waals surface area contributed by atoms with Crippen LogP contribution in [0.25, 0.3) is 17.4 Å². The maximum atomic E-state index is 12.7. The van der Waals surface area contributed by atoms with E-state index in [-0.39, 0.29) is 16.9 Å². The Labute approximate surface area is 192 Å². The van der Waals surface area contributed by atoms with Crippen LogP contribution in [0, 0.1) is 3.57 Å². The van der Waals surface area contributed by atoms with Crippen molar-refractivity contribution in [2.45, 2.75) is 0 Å². The molecular weight excluding hydrogens is 567 g/mol. The van der Waals surface area contributed by atoms with Crippen molar-refractivity contribution in [2.75, 3.05) is 5.01 Å². The molecule has 9 heteroatoms. The summed E-state index contributed by atoms with van der Waals surface area (Å²) < 4.78 is 7.34. The van der Waals surface area contributed by atoms with Gasteiger partial charge >= 0.3 is 5.97 Å². The first kappa shape index (κ1) is 20.4. The summed E-state index contributed by atoms with van der Waals surface area (Å²) in [4.78, 5) is 36.6. The number of anilines is 1. The van der Waals surface area contributed by atoms with E-state index < -0.39 is 17.8 Å². The second kappa shape index (κ2) is 8.07. The zero-order valence-corrected chi connectivity index (χ0v) is 18.8. The van der Waals surface area contributed by atoms with E-state index in [0.717, 1.165) is 3.57 Å². The maximum Gasteiger partial charge on any atom is 0.336 e. The lowest BCUT2D eigenvalue weighted by molar-refractivity contribution is -0.117. The fourth-order valence-electron chi connectivity index (χ4n) is 2.96. The molecule has 2 aromatic carbocycles. The molecular formula is C21H12BrIN2O5. The molecule has 2 N–H and O–H groups in total. The number of carboxylic acid groups (broad SMARTS) is 1. The second-order valence-electron chi connectivity index (χ2n) is 6.31. The molecule has 7 nitrogen and oxygen atoms in total. The summed E-state index contributed by atoms with van der Waals surface area (Å²) in [5.41, 5.74) is 3.44. The second-order valence-corrected chi connectivity index (χ2v) is 8.47. The molecule has 1 aromatic heterocycles. The number of hydrogen-bond acceptors (Lipinski definition) is 4. The lowest BCUT2D eigenvalue weighted by atomic mass is 10.1. The summed E-state index contributed by atoms with van der Waals surface area (Å²) in [7, 11) is 0. The monoisotopic (exact) mass is 578 g/mol. The van der Waals surface area contributed by atoms with Crippen molar-refractivity contribution in [3.05, 3.63) is 79.5 Å². The van der Waals surface area contributed by atoms with Crippen LogP contribution in [0.4, 0.5) is 5.69 Å². The Morgan fingerprint density at radius 1 is 1.10 bits per heavy atom. The van der Waals surface area contributed by atoms with Crippen LogP contribution >= 0.6 is 38.5 Å². The number of hydrazine groups is 1. The molecule has 150 valence electrons. The Morgan fingerprint density at radius 2 is 1.83 bits per heavy atom. The third-order valence-electron chi connectivity index (χ3n) is 4.37. The molecule has 0 unspecified atom stereocenters. The van der Waals surface area contributed by atoms with Crippen LogP contribution in [0.3, 0.4) is 0 Å². The van der Waals surface area contributed by atoms with Crippen molar-refractivity contribution in [1.82, 2.24) is 5.43 Å². The van der Waals surface area contributed by atoms with Gasteiger partial charge in [0.1, 0.15) is 17.1 Å².